The predicted octanol–water partition coefficient (Wildman–Crippen LogP) is -2.91. The number of hydrogen-bond donors (Lipinski definition) is 4. The van der Waals surface area contributed by atoms with Crippen LogP contribution < -0.4 is 22.5 Å². The largest absolute Gasteiger partial charge is 0.370 e. The third-order valence-corrected chi connectivity index (χ3v) is 2.91. The Morgan fingerprint density at radius 3 is 2.43 bits per heavy atom. The summed E-state index contributed by atoms with van der Waals surface area (Å²) in [4.78, 5) is 54.0. The lowest BCUT2D eigenvalue weighted by Gasteiger charge is -2.14. The van der Waals surface area contributed by atoms with Gasteiger partial charge in [0.25, 0.3) is 11.8 Å². The van der Waals surface area contributed by atoms with Crippen molar-refractivity contribution in [1.29, 1.82) is 0 Å². The number of nitrogens with two attached hydrogens (primary N) is 3. The van der Waals surface area contributed by atoms with Gasteiger partial charge in [-0.15, -0.1) is 5.06 Å². The van der Waals surface area contributed by atoms with Gasteiger partial charge in [-0.1, -0.05) is 0 Å². The van der Waals surface area contributed by atoms with E-state index in [4.69, 9.17) is 17.2 Å². The molecule has 0 bridgehead atoms. The van der Waals surface area contributed by atoms with Crippen LogP contribution in [-0.4, -0.2) is 53.8 Å². The third-order valence-electron chi connectivity index (χ3n) is 2.91. The van der Waals surface area contributed by atoms with E-state index in [1.807, 2.05) is 0 Å². The molecule has 1 aliphatic heterocycles. The Bertz CT molecular complexity index is 500. The molecular weight excluding hydrogens is 308 g/mol. The Balaban J connectivity index is 2.26. The van der Waals surface area contributed by atoms with Gasteiger partial charge in [0.05, 0.1) is 6.04 Å². The smallest absolute Gasteiger partial charge is 0.352 e. The molecule has 1 atom stereocenters. The molecule has 0 aromatic rings. The first-order valence-electron chi connectivity index (χ1n) is 6.96. The summed E-state index contributed by atoms with van der Waals surface area (Å²) >= 11 is 0. The number of nitrogens with one attached hydrogen (secondary N) is 1. The fourth-order valence-corrected chi connectivity index (χ4v) is 1.73. The molecule has 0 unspecified atom stereocenters. The third kappa shape index (κ3) is 6.30. The van der Waals surface area contributed by atoms with Crippen LogP contribution in [0.4, 0.5) is 0 Å². The van der Waals surface area contributed by atoms with Gasteiger partial charge in [-0.3, -0.25) is 19.4 Å². The van der Waals surface area contributed by atoms with Crippen LogP contribution in [0.3, 0.4) is 0 Å². The molecule has 7 N–H and O–H groups in total. The minimum absolute atomic E-state index is 0.000851. The first-order valence-corrected chi connectivity index (χ1v) is 6.96. The van der Waals surface area contributed by atoms with E-state index < -0.39 is 36.3 Å². The number of imide groups is 1. The summed E-state index contributed by atoms with van der Waals surface area (Å²) in [5.74, 6) is -2.73. The van der Waals surface area contributed by atoms with Crippen molar-refractivity contribution < 1.29 is 24.0 Å². The molecule has 3 amide bonds. The van der Waals surface area contributed by atoms with Crippen LogP contribution in [0.25, 0.3) is 0 Å². The molecule has 0 saturated carbocycles. The van der Waals surface area contributed by atoms with E-state index in [1.165, 1.54) is 0 Å². The summed E-state index contributed by atoms with van der Waals surface area (Å²) < 4.78 is 0. The molecule has 23 heavy (non-hydrogen) atoms. The molecule has 1 rings (SSSR count). The minimum Gasteiger partial charge on any atom is -0.370 e. The lowest BCUT2D eigenvalue weighted by molar-refractivity contribution is -0.196. The first kappa shape index (κ1) is 18.4. The van der Waals surface area contributed by atoms with Gasteiger partial charge in [-0.05, 0) is 12.8 Å². The molecule has 0 radical (unpaired) electrons. The van der Waals surface area contributed by atoms with Gasteiger partial charge in [0.15, 0.2) is 5.96 Å². The van der Waals surface area contributed by atoms with Crippen LogP contribution in [-0.2, 0) is 24.0 Å². The average Bonchev–Trinajstić information content (AvgIpc) is 2.80. The maximum atomic E-state index is 11.7. The maximum Gasteiger partial charge on any atom is 0.352 e. The van der Waals surface area contributed by atoms with Crippen LogP contribution in [0, 0.1) is 0 Å². The van der Waals surface area contributed by atoms with Gasteiger partial charge in [0, 0.05) is 19.4 Å². The molecule has 0 aliphatic carbocycles. The van der Waals surface area contributed by atoms with Crippen molar-refractivity contribution in [3.63, 3.8) is 0 Å². The molecule has 1 heterocycles. The van der Waals surface area contributed by atoms with Crippen LogP contribution in [0.1, 0.15) is 25.7 Å². The lowest BCUT2D eigenvalue weighted by Crippen LogP contribution is -2.44. The minimum atomic E-state index is -0.936. The molecule has 1 aliphatic rings. The van der Waals surface area contributed by atoms with E-state index in [2.05, 4.69) is 15.1 Å². The topological polar surface area (TPSA) is 183 Å². The highest BCUT2D eigenvalue weighted by atomic mass is 16.7. The summed E-state index contributed by atoms with van der Waals surface area (Å²) in [6.07, 6.45) is 0.812. The Morgan fingerprint density at radius 2 is 1.87 bits per heavy atom. The SMILES string of the molecule is NC(N)=NCCC[C@H](N)C(=O)NCC(=O)ON1C(=O)CCC1=O. The maximum absolute atomic E-state index is 11.7. The highest BCUT2D eigenvalue weighted by Crippen LogP contribution is 2.11. The van der Waals surface area contributed by atoms with Gasteiger partial charge in [0.1, 0.15) is 6.54 Å². The van der Waals surface area contributed by atoms with Crippen LogP contribution in [0.2, 0.25) is 0 Å². The number of nitrogens with zero attached hydrogens (tertiary/aromatic N) is 2. The second-order valence-electron chi connectivity index (χ2n) is 4.82. The summed E-state index contributed by atoms with van der Waals surface area (Å²) in [6.45, 7) is -0.165. The van der Waals surface area contributed by atoms with Crippen LogP contribution >= 0.6 is 0 Å². The monoisotopic (exact) mass is 328 g/mol. The standard InChI is InChI=1S/C12H20N6O5/c13-7(2-1-5-16-12(14)15)11(22)17-6-10(21)23-18-8(19)3-4-9(18)20/h7H,1-6,13H2,(H,17,22)(H4,14,15,16)/t7-/m0/s1. The molecule has 0 aromatic heterocycles. The zero-order valence-electron chi connectivity index (χ0n) is 12.5. The van der Waals surface area contributed by atoms with Crippen molar-refractivity contribution in [3.8, 4) is 0 Å². The molecule has 0 aromatic carbocycles. The zero-order valence-corrected chi connectivity index (χ0v) is 12.5. The van der Waals surface area contributed by atoms with Gasteiger partial charge >= 0.3 is 5.97 Å². The first-order chi connectivity index (χ1) is 10.8. The number of amides is 3. The zero-order chi connectivity index (χ0) is 17.4. The Hall–Kier alpha value is -2.69. The van der Waals surface area contributed by atoms with E-state index in [9.17, 15) is 19.2 Å². The highest BCUT2D eigenvalue weighted by Gasteiger charge is 2.32. The quantitative estimate of drug-likeness (QED) is 0.158. The molecular formula is C12H20N6O5. The normalized spacial score (nSPS) is 15.3. The van der Waals surface area contributed by atoms with E-state index >= 15 is 0 Å². The number of aliphatic imine (C=N–C) groups is 1. The number of guanidine groups is 1. The van der Waals surface area contributed by atoms with Crippen molar-refractivity contribution >= 4 is 29.7 Å². The summed E-state index contributed by atoms with van der Waals surface area (Å²) in [5, 5.41) is 2.67. The van der Waals surface area contributed by atoms with Crippen LogP contribution in [0.15, 0.2) is 4.99 Å². The Kier molecular flexibility index (Phi) is 6.93. The lowest BCUT2D eigenvalue weighted by atomic mass is 10.1. The summed E-state index contributed by atoms with van der Waals surface area (Å²) in [6, 6.07) is -0.841. The fourth-order valence-electron chi connectivity index (χ4n) is 1.73. The van der Waals surface area contributed by atoms with E-state index in [-0.39, 0.29) is 18.8 Å². The molecule has 1 fully saturated rings. The van der Waals surface area contributed by atoms with Crippen molar-refractivity contribution in [2.24, 2.45) is 22.2 Å². The Morgan fingerprint density at radius 1 is 1.26 bits per heavy atom. The van der Waals surface area contributed by atoms with Crippen molar-refractivity contribution in [3.05, 3.63) is 0 Å². The number of rotatable bonds is 8. The highest BCUT2D eigenvalue weighted by molar-refractivity contribution is 6.01. The van der Waals surface area contributed by atoms with Crippen LogP contribution in [0.5, 0.6) is 0 Å². The van der Waals surface area contributed by atoms with Crippen molar-refractivity contribution in [2.75, 3.05) is 13.1 Å². The molecule has 11 heteroatoms. The van der Waals surface area contributed by atoms with E-state index in [1.54, 1.807) is 0 Å². The molecule has 11 nitrogen and oxygen atoms in total. The number of carbonyl (C=O) groups is 4. The van der Waals surface area contributed by atoms with E-state index in [0.717, 1.165) is 0 Å². The second kappa shape index (κ2) is 8.68. The summed E-state index contributed by atoms with van der Waals surface area (Å²) in [5.41, 5.74) is 15.9. The van der Waals surface area contributed by atoms with Gasteiger partial charge in [-0.25, -0.2) is 4.79 Å². The molecule has 1 saturated heterocycles. The van der Waals surface area contributed by atoms with Gasteiger partial charge in [0.2, 0.25) is 5.91 Å². The van der Waals surface area contributed by atoms with Gasteiger partial charge in [-0.2, -0.15) is 0 Å². The van der Waals surface area contributed by atoms with Crippen molar-refractivity contribution in [1.82, 2.24) is 10.4 Å². The number of hydrogen-bond acceptors (Lipinski definition) is 7. The molecule has 128 valence electrons. The fraction of sp³-hybridized carbons (Fsp3) is 0.583. The summed E-state index contributed by atoms with van der Waals surface area (Å²) in [7, 11) is 0. The van der Waals surface area contributed by atoms with Crippen molar-refractivity contribution in [2.45, 2.75) is 31.7 Å². The Labute approximate surface area is 132 Å². The number of hydroxylamine groups is 2. The second-order valence-corrected chi connectivity index (χ2v) is 4.82. The average molecular weight is 328 g/mol. The van der Waals surface area contributed by atoms with E-state index in [0.29, 0.717) is 24.4 Å². The predicted molar refractivity (Wildman–Crippen MR) is 78.1 cm³/mol. The molecule has 0 spiro atoms. The number of carbonyl (C=O) groups excluding carboxylic acids is 4. The van der Waals surface area contributed by atoms with Gasteiger partial charge < -0.3 is 27.4 Å².